The first-order chi connectivity index (χ1) is 7.11. The summed E-state index contributed by atoms with van der Waals surface area (Å²) in [5.74, 6) is 1.11. The minimum absolute atomic E-state index is 0. The second-order valence-corrected chi connectivity index (χ2v) is 3.49. The highest BCUT2D eigenvalue weighted by atomic mass is 127. The van der Waals surface area contributed by atoms with Crippen molar-refractivity contribution in [3.8, 4) is 0 Å². The number of guanidine groups is 1. The highest BCUT2D eigenvalue weighted by Gasteiger charge is 2.00. The Morgan fingerprint density at radius 1 is 1.69 bits per heavy atom. The van der Waals surface area contributed by atoms with Gasteiger partial charge >= 0.3 is 0 Å². The van der Waals surface area contributed by atoms with E-state index in [1.54, 1.807) is 11.0 Å². The molecule has 0 amide bonds. The number of nitrogens with zero attached hydrogens (tertiary/aromatic N) is 4. The quantitative estimate of drug-likeness (QED) is 0.480. The molecule has 7 heteroatoms. The van der Waals surface area contributed by atoms with Gasteiger partial charge in [-0.15, -0.1) is 24.0 Å². The Labute approximate surface area is 113 Å². The second-order valence-electron chi connectivity index (χ2n) is 3.49. The average molecular weight is 338 g/mol. The van der Waals surface area contributed by atoms with Crippen LogP contribution in [0.15, 0.2) is 11.3 Å². The molecule has 1 rings (SSSR count). The summed E-state index contributed by atoms with van der Waals surface area (Å²) >= 11 is 0. The molecule has 1 aromatic rings. The maximum absolute atomic E-state index is 5.68. The van der Waals surface area contributed by atoms with E-state index < -0.39 is 0 Å². The van der Waals surface area contributed by atoms with E-state index in [1.165, 1.54) is 0 Å². The Hall–Kier alpha value is -0.860. The Bertz CT molecular complexity index is 334. The normalized spacial score (nSPS) is 13.1. The van der Waals surface area contributed by atoms with Gasteiger partial charge in [0.05, 0.1) is 0 Å². The maximum atomic E-state index is 5.68. The first kappa shape index (κ1) is 15.1. The van der Waals surface area contributed by atoms with Gasteiger partial charge in [0.25, 0.3) is 0 Å². The van der Waals surface area contributed by atoms with Crippen LogP contribution >= 0.6 is 24.0 Å². The standard InChI is InChI=1S/C9H18N6.HI/c1-4-7(2)13-9(10)11-5-8-12-6-15(3)14-8;/h6-7H,4-5H2,1-3H3,(H3,10,11,13);1H. The molecule has 0 radical (unpaired) electrons. The largest absolute Gasteiger partial charge is 0.370 e. The monoisotopic (exact) mass is 338 g/mol. The first-order valence-electron chi connectivity index (χ1n) is 5.02. The molecule has 1 aromatic heterocycles. The zero-order valence-corrected chi connectivity index (χ0v) is 12.2. The van der Waals surface area contributed by atoms with E-state index in [0.717, 1.165) is 6.42 Å². The van der Waals surface area contributed by atoms with Crippen LogP contribution in [0.2, 0.25) is 0 Å². The number of hydrogen-bond acceptors (Lipinski definition) is 3. The van der Waals surface area contributed by atoms with Crippen LogP contribution in [0.25, 0.3) is 0 Å². The van der Waals surface area contributed by atoms with Gasteiger partial charge in [0.2, 0.25) is 0 Å². The lowest BCUT2D eigenvalue weighted by atomic mass is 10.3. The van der Waals surface area contributed by atoms with Crippen molar-refractivity contribution in [2.75, 3.05) is 0 Å². The molecule has 16 heavy (non-hydrogen) atoms. The number of halogens is 1. The summed E-state index contributed by atoms with van der Waals surface area (Å²) in [6.07, 6.45) is 2.65. The van der Waals surface area contributed by atoms with Crippen molar-refractivity contribution in [1.82, 2.24) is 20.1 Å². The Kier molecular flexibility index (Phi) is 7.02. The van der Waals surface area contributed by atoms with Crippen LogP contribution in [0.5, 0.6) is 0 Å². The lowest BCUT2D eigenvalue weighted by Gasteiger charge is -2.11. The smallest absolute Gasteiger partial charge is 0.189 e. The molecule has 0 aliphatic rings. The molecule has 1 heterocycles. The van der Waals surface area contributed by atoms with Gasteiger partial charge < -0.3 is 11.1 Å². The van der Waals surface area contributed by atoms with E-state index in [-0.39, 0.29) is 24.0 Å². The minimum Gasteiger partial charge on any atom is -0.370 e. The summed E-state index contributed by atoms with van der Waals surface area (Å²) in [7, 11) is 1.82. The summed E-state index contributed by atoms with van der Waals surface area (Å²) in [4.78, 5) is 8.19. The number of hydrogen-bond donors (Lipinski definition) is 2. The topological polar surface area (TPSA) is 81.1 Å². The number of aliphatic imine (C=N–C) groups is 1. The van der Waals surface area contributed by atoms with Crippen LogP contribution in [0.3, 0.4) is 0 Å². The average Bonchev–Trinajstić information content (AvgIpc) is 2.61. The van der Waals surface area contributed by atoms with Gasteiger partial charge in [0, 0.05) is 13.1 Å². The van der Waals surface area contributed by atoms with E-state index in [1.807, 2.05) is 7.05 Å². The molecule has 6 nitrogen and oxygen atoms in total. The lowest BCUT2D eigenvalue weighted by molar-refractivity contribution is 0.635. The molecule has 0 fully saturated rings. The van der Waals surface area contributed by atoms with Gasteiger partial charge in [-0.25, -0.2) is 9.98 Å². The summed E-state index contributed by atoms with van der Waals surface area (Å²) in [5, 5.41) is 7.17. The second kappa shape index (κ2) is 7.42. The van der Waals surface area contributed by atoms with E-state index >= 15 is 0 Å². The van der Waals surface area contributed by atoms with Crippen molar-refractivity contribution in [3.05, 3.63) is 12.2 Å². The van der Waals surface area contributed by atoms with Crippen molar-refractivity contribution in [3.63, 3.8) is 0 Å². The summed E-state index contributed by atoms with van der Waals surface area (Å²) in [6, 6.07) is 0.338. The molecule has 0 spiro atoms. The van der Waals surface area contributed by atoms with Crippen molar-refractivity contribution in [1.29, 1.82) is 0 Å². The first-order valence-corrected chi connectivity index (χ1v) is 5.02. The molecular weight excluding hydrogens is 319 g/mol. The molecule has 92 valence electrons. The molecule has 0 bridgehead atoms. The number of aromatic nitrogens is 3. The predicted molar refractivity (Wildman–Crippen MR) is 74.6 cm³/mol. The zero-order chi connectivity index (χ0) is 11.3. The number of rotatable bonds is 4. The van der Waals surface area contributed by atoms with E-state index in [0.29, 0.717) is 24.4 Å². The summed E-state index contributed by atoms with van der Waals surface area (Å²) in [5.41, 5.74) is 5.68. The minimum atomic E-state index is 0. The van der Waals surface area contributed by atoms with Crippen molar-refractivity contribution in [2.24, 2.45) is 17.8 Å². The third kappa shape index (κ3) is 5.29. The molecule has 1 unspecified atom stereocenters. The highest BCUT2D eigenvalue weighted by molar-refractivity contribution is 14.0. The molecule has 3 N–H and O–H groups in total. The van der Waals surface area contributed by atoms with Crippen LogP contribution in [0, 0.1) is 0 Å². The predicted octanol–water partition coefficient (Wildman–Crippen LogP) is 0.636. The van der Waals surface area contributed by atoms with Crippen LogP contribution in [-0.2, 0) is 13.6 Å². The number of aryl methyl sites for hydroxylation is 1. The van der Waals surface area contributed by atoms with Gasteiger partial charge in [0.15, 0.2) is 11.8 Å². The van der Waals surface area contributed by atoms with Gasteiger partial charge in [0.1, 0.15) is 12.9 Å². The molecular formula is C9H19IN6. The molecule has 0 aliphatic heterocycles. The zero-order valence-electron chi connectivity index (χ0n) is 9.84. The molecule has 0 saturated carbocycles. The van der Waals surface area contributed by atoms with Crippen molar-refractivity contribution in [2.45, 2.75) is 32.9 Å². The van der Waals surface area contributed by atoms with Crippen LogP contribution in [-0.4, -0.2) is 26.8 Å². The maximum Gasteiger partial charge on any atom is 0.189 e. The third-order valence-electron chi connectivity index (χ3n) is 2.04. The fourth-order valence-electron chi connectivity index (χ4n) is 1.01. The SMILES string of the molecule is CCC(C)NC(N)=NCc1ncn(C)n1.I. The van der Waals surface area contributed by atoms with Gasteiger partial charge in [-0.05, 0) is 13.3 Å². The number of nitrogens with two attached hydrogens (primary N) is 1. The van der Waals surface area contributed by atoms with E-state index in [4.69, 9.17) is 5.73 Å². The highest BCUT2D eigenvalue weighted by Crippen LogP contribution is 1.91. The number of nitrogens with one attached hydrogen (secondary N) is 1. The Balaban J connectivity index is 0.00000225. The van der Waals surface area contributed by atoms with E-state index in [2.05, 4.69) is 34.2 Å². The van der Waals surface area contributed by atoms with Crippen LogP contribution < -0.4 is 11.1 Å². The fourth-order valence-corrected chi connectivity index (χ4v) is 1.01. The van der Waals surface area contributed by atoms with Crippen molar-refractivity contribution >= 4 is 29.9 Å². The lowest BCUT2D eigenvalue weighted by Crippen LogP contribution is -2.38. The molecule has 0 saturated heterocycles. The van der Waals surface area contributed by atoms with Crippen LogP contribution in [0.1, 0.15) is 26.1 Å². The molecule has 1 atom stereocenters. The molecule has 0 aliphatic carbocycles. The third-order valence-corrected chi connectivity index (χ3v) is 2.04. The Morgan fingerprint density at radius 2 is 2.38 bits per heavy atom. The summed E-state index contributed by atoms with van der Waals surface area (Å²) < 4.78 is 1.64. The van der Waals surface area contributed by atoms with E-state index in [9.17, 15) is 0 Å². The van der Waals surface area contributed by atoms with Gasteiger partial charge in [-0.3, -0.25) is 4.68 Å². The fraction of sp³-hybridized carbons (Fsp3) is 0.667. The van der Waals surface area contributed by atoms with Crippen molar-refractivity contribution < 1.29 is 0 Å². The Morgan fingerprint density at radius 3 is 2.88 bits per heavy atom. The molecule has 0 aromatic carbocycles. The van der Waals surface area contributed by atoms with Crippen LogP contribution in [0.4, 0.5) is 0 Å². The van der Waals surface area contributed by atoms with Gasteiger partial charge in [-0.1, -0.05) is 6.92 Å². The van der Waals surface area contributed by atoms with Gasteiger partial charge in [-0.2, -0.15) is 5.10 Å². The summed E-state index contributed by atoms with van der Waals surface area (Å²) in [6.45, 7) is 4.56.